The number of amides is 1. The summed E-state index contributed by atoms with van der Waals surface area (Å²) in [5.74, 6) is 1.43. The predicted molar refractivity (Wildman–Crippen MR) is 81.8 cm³/mol. The number of fused-ring (bicyclic) bond motifs is 1. The standard InChI is InChI=1S/C17H29NO3/c1-17(2,3)11(7-8-14(19)20)9-10-18-16(21)15-12-5-4-6-13(12)15/h11-13,15H,4-10H2,1-3H3,(H,18,21)(H,19,20). The van der Waals surface area contributed by atoms with Gasteiger partial charge in [0.25, 0.3) is 0 Å². The van der Waals surface area contributed by atoms with Crippen LogP contribution < -0.4 is 5.32 Å². The lowest BCUT2D eigenvalue weighted by molar-refractivity contribution is -0.137. The third kappa shape index (κ3) is 4.21. The van der Waals surface area contributed by atoms with Crippen LogP contribution in [0.15, 0.2) is 0 Å². The van der Waals surface area contributed by atoms with Gasteiger partial charge in [0.15, 0.2) is 0 Å². The number of carboxylic acid groups (broad SMARTS) is 1. The molecule has 1 amide bonds. The molecule has 21 heavy (non-hydrogen) atoms. The Labute approximate surface area is 127 Å². The zero-order valence-electron chi connectivity index (χ0n) is 13.5. The largest absolute Gasteiger partial charge is 0.481 e. The molecule has 4 nitrogen and oxygen atoms in total. The summed E-state index contributed by atoms with van der Waals surface area (Å²) in [5, 5.41) is 11.9. The van der Waals surface area contributed by atoms with Gasteiger partial charge >= 0.3 is 5.97 Å². The lowest BCUT2D eigenvalue weighted by atomic mass is 9.76. The fraction of sp³-hybridized carbons (Fsp3) is 0.882. The minimum absolute atomic E-state index is 0.0796. The molecule has 120 valence electrons. The van der Waals surface area contributed by atoms with E-state index in [-0.39, 0.29) is 23.7 Å². The van der Waals surface area contributed by atoms with Crippen molar-refractivity contribution in [3.8, 4) is 0 Å². The second-order valence-corrected chi connectivity index (χ2v) is 7.86. The first-order valence-electron chi connectivity index (χ1n) is 8.30. The van der Waals surface area contributed by atoms with E-state index in [0.29, 0.717) is 30.7 Å². The van der Waals surface area contributed by atoms with Crippen molar-refractivity contribution in [1.82, 2.24) is 5.32 Å². The number of hydrogen-bond donors (Lipinski definition) is 2. The number of nitrogens with one attached hydrogen (secondary N) is 1. The van der Waals surface area contributed by atoms with Crippen LogP contribution >= 0.6 is 0 Å². The molecule has 2 rings (SSSR count). The zero-order chi connectivity index (χ0) is 15.6. The van der Waals surface area contributed by atoms with Gasteiger partial charge in [-0.1, -0.05) is 27.2 Å². The van der Waals surface area contributed by atoms with Crippen LogP contribution in [0.25, 0.3) is 0 Å². The van der Waals surface area contributed by atoms with Crippen molar-refractivity contribution in [2.75, 3.05) is 6.54 Å². The van der Waals surface area contributed by atoms with Crippen molar-refractivity contribution in [3.05, 3.63) is 0 Å². The quantitative estimate of drug-likeness (QED) is 0.758. The van der Waals surface area contributed by atoms with E-state index in [9.17, 15) is 9.59 Å². The fourth-order valence-corrected chi connectivity index (χ4v) is 4.01. The highest BCUT2D eigenvalue weighted by atomic mass is 16.4. The number of hydrogen-bond acceptors (Lipinski definition) is 2. The minimum Gasteiger partial charge on any atom is -0.481 e. The molecule has 0 aromatic rings. The third-order valence-electron chi connectivity index (χ3n) is 5.43. The van der Waals surface area contributed by atoms with Crippen molar-refractivity contribution in [3.63, 3.8) is 0 Å². The summed E-state index contributed by atoms with van der Waals surface area (Å²) >= 11 is 0. The van der Waals surface area contributed by atoms with Gasteiger partial charge < -0.3 is 10.4 Å². The summed E-state index contributed by atoms with van der Waals surface area (Å²) in [6, 6.07) is 0. The summed E-state index contributed by atoms with van der Waals surface area (Å²) in [7, 11) is 0. The monoisotopic (exact) mass is 295 g/mol. The zero-order valence-corrected chi connectivity index (χ0v) is 13.5. The number of carbonyl (C=O) groups is 2. The van der Waals surface area contributed by atoms with Gasteiger partial charge in [-0.2, -0.15) is 0 Å². The number of rotatable bonds is 7. The highest BCUT2D eigenvalue weighted by Gasteiger charge is 2.56. The highest BCUT2D eigenvalue weighted by Crippen LogP contribution is 2.57. The molecule has 0 aliphatic heterocycles. The van der Waals surface area contributed by atoms with Gasteiger partial charge in [-0.15, -0.1) is 0 Å². The van der Waals surface area contributed by atoms with Gasteiger partial charge in [0.2, 0.25) is 5.91 Å². The van der Waals surface area contributed by atoms with Crippen LogP contribution in [-0.2, 0) is 9.59 Å². The lowest BCUT2D eigenvalue weighted by Gasteiger charge is -2.30. The molecule has 0 heterocycles. The lowest BCUT2D eigenvalue weighted by Crippen LogP contribution is -2.31. The van der Waals surface area contributed by atoms with Gasteiger partial charge in [0.1, 0.15) is 0 Å². The van der Waals surface area contributed by atoms with E-state index < -0.39 is 5.97 Å². The Bertz CT molecular complexity index is 389. The number of aliphatic carboxylic acids is 1. The van der Waals surface area contributed by atoms with Crippen LogP contribution in [0.5, 0.6) is 0 Å². The summed E-state index contributed by atoms with van der Waals surface area (Å²) in [6.45, 7) is 7.11. The predicted octanol–water partition coefficient (Wildman–Crippen LogP) is 3.07. The van der Waals surface area contributed by atoms with E-state index >= 15 is 0 Å². The Kier molecular flexibility index (Phi) is 4.95. The average molecular weight is 295 g/mol. The molecule has 2 aliphatic rings. The highest BCUT2D eigenvalue weighted by molar-refractivity contribution is 5.82. The fourth-order valence-electron chi connectivity index (χ4n) is 4.01. The molecular weight excluding hydrogens is 266 g/mol. The molecule has 0 bridgehead atoms. The molecule has 2 N–H and O–H groups in total. The smallest absolute Gasteiger partial charge is 0.303 e. The summed E-state index contributed by atoms with van der Waals surface area (Å²) in [6.07, 6.45) is 5.51. The molecule has 0 aromatic carbocycles. The topological polar surface area (TPSA) is 66.4 Å². The molecule has 0 radical (unpaired) electrons. The molecule has 0 saturated heterocycles. The normalized spacial score (nSPS) is 28.8. The SMILES string of the molecule is CC(C)(C)C(CCNC(=O)C1C2CCCC21)CCC(=O)O. The Morgan fingerprint density at radius 2 is 1.81 bits per heavy atom. The Hall–Kier alpha value is -1.06. The second kappa shape index (κ2) is 6.37. The van der Waals surface area contributed by atoms with Crippen molar-refractivity contribution in [2.24, 2.45) is 29.1 Å². The van der Waals surface area contributed by atoms with Crippen LogP contribution in [0.3, 0.4) is 0 Å². The van der Waals surface area contributed by atoms with Gasteiger partial charge in [0.05, 0.1) is 0 Å². The average Bonchev–Trinajstić information content (AvgIpc) is 2.85. The van der Waals surface area contributed by atoms with Gasteiger partial charge in [-0.3, -0.25) is 9.59 Å². The molecule has 0 aromatic heterocycles. The maximum absolute atomic E-state index is 12.1. The first kappa shape index (κ1) is 16.3. The van der Waals surface area contributed by atoms with E-state index in [4.69, 9.17) is 5.11 Å². The maximum atomic E-state index is 12.1. The number of carboxylic acids is 1. The van der Waals surface area contributed by atoms with Gasteiger partial charge in [-0.05, 0) is 48.9 Å². The van der Waals surface area contributed by atoms with Crippen LogP contribution in [0, 0.1) is 29.1 Å². The van der Waals surface area contributed by atoms with Crippen LogP contribution in [0.2, 0.25) is 0 Å². The van der Waals surface area contributed by atoms with E-state index in [1.807, 2.05) is 0 Å². The van der Waals surface area contributed by atoms with Crippen molar-refractivity contribution in [2.45, 2.75) is 59.3 Å². The first-order valence-corrected chi connectivity index (χ1v) is 8.30. The summed E-state index contributed by atoms with van der Waals surface area (Å²) in [4.78, 5) is 22.9. The van der Waals surface area contributed by atoms with Crippen LogP contribution in [-0.4, -0.2) is 23.5 Å². The molecule has 0 spiro atoms. The van der Waals surface area contributed by atoms with Crippen LogP contribution in [0.1, 0.15) is 59.3 Å². The summed E-state index contributed by atoms with van der Waals surface area (Å²) < 4.78 is 0. The molecule has 2 saturated carbocycles. The van der Waals surface area contributed by atoms with Crippen LogP contribution in [0.4, 0.5) is 0 Å². The molecule has 4 heteroatoms. The summed E-state index contributed by atoms with van der Waals surface area (Å²) in [5.41, 5.74) is 0.0796. The maximum Gasteiger partial charge on any atom is 0.303 e. The van der Waals surface area contributed by atoms with E-state index in [2.05, 4.69) is 26.1 Å². The number of carbonyl (C=O) groups excluding carboxylic acids is 1. The Balaban J connectivity index is 1.71. The minimum atomic E-state index is -0.737. The molecule has 2 aliphatic carbocycles. The van der Waals surface area contributed by atoms with Crippen molar-refractivity contribution < 1.29 is 14.7 Å². The van der Waals surface area contributed by atoms with Gasteiger partial charge in [-0.25, -0.2) is 0 Å². The first-order chi connectivity index (χ1) is 9.80. The molecule has 2 fully saturated rings. The van der Waals surface area contributed by atoms with Crippen molar-refractivity contribution in [1.29, 1.82) is 0 Å². The van der Waals surface area contributed by atoms with E-state index in [1.165, 1.54) is 19.3 Å². The second-order valence-electron chi connectivity index (χ2n) is 7.86. The van der Waals surface area contributed by atoms with E-state index in [0.717, 1.165) is 6.42 Å². The Morgan fingerprint density at radius 1 is 1.19 bits per heavy atom. The Morgan fingerprint density at radius 3 is 2.33 bits per heavy atom. The van der Waals surface area contributed by atoms with Crippen molar-refractivity contribution >= 4 is 11.9 Å². The van der Waals surface area contributed by atoms with E-state index in [1.54, 1.807) is 0 Å². The molecule has 3 unspecified atom stereocenters. The third-order valence-corrected chi connectivity index (χ3v) is 5.43. The van der Waals surface area contributed by atoms with Gasteiger partial charge in [0, 0.05) is 18.9 Å². The molecular formula is C17H29NO3. The molecule has 3 atom stereocenters.